The van der Waals surface area contributed by atoms with E-state index in [-0.39, 0.29) is 6.04 Å². The molecule has 0 saturated heterocycles. The van der Waals surface area contributed by atoms with Crippen molar-refractivity contribution in [2.24, 2.45) is 5.73 Å². The fourth-order valence-corrected chi connectivity index (χ4v) is 1.84. The van der Waals surface area contributed by atoms with E-state index in [1.807, 2.05) is 35.1 Å². The van der Waals surface area contributed by atoms with Crippen molar-refractivity contribution in [2.45, 2.75) is 18.9 Å². The Morgan fingerprint density at radius 2 is 2.38 bits per heavy atom. The van der Waals surface area contributed by atoms with Crippen LogP contribution in [-0.4, -0.2) is 23.3 Å². The minimum atomic E-state index is 0.0371. The zero-order valence-corrected chi connectivity index (χ0v) is 9.47. The summed E-state index contributed by atoms with van der Waals surface area (Å²) in [5, 5.41) is 4.27. The van der Waals surface area contributed by atoms with Gasteiger partial charge in [0.2, 0.25) is 0 Å². The third-order valence-corrected chi connectivity index (χ3v) is 2.72. The Balaban J connectivity index is 2.13. The highest BCUT2D eigenvalue weighted by atomic mass is 16.5. The Hall–Kier alpha value is -1.39. The number of pyridine rings is 1. The molecule has 0 aliphatic carbocycles. The summed E-state index contributed by atoms with van der Waals surface area (Å²) in [6.45, 7) is 0.757. The van der Waals surface area contributed by atoms with Crippen LogP contribution in [0.3, 0.4) is 0 Å². The number of rotatable bonds is 5. The van der Waals surface area contributed by atoms with Crippen molar-refractivity contribution in [1.82, 2.24) is 9.61 Å². The van der Waals surface area contributed by atoms with Crippen molar-refractivity contribution in [3.05, 3.63) is 36.2 Å². The van der Waals surface area contributed by atoms with Crippen LogP contribution < -0.4 is 5.73 Å². The van der Waals surface area contributed by atoms with E-state index in [9.17, 15) is 0 Å². The number of fused-ring (bicyclic) bond motifs is 1. The van der Waals surface area contributed by atoms with Gasteiger partial charge in [-0.05, 0) is 25.0 Å². The molecule has 0 radical (unpaired) electrons. The second-order valence-electron chi connectivity index (χ2n) is 3.87. The van der Waals surface area contributed by atoms with E-state index < -0.39 is 0 Å². The second kappa shape index (κ2) is 5.09. The van der Waals surface area contributed by atoms with Crippen LogP contribution in [0, 0.1) is 0 Å². The monoisotopic (exact) mass is 219 g/mol. The first-order valence-corrected chi connectivity index (χ1v) is 5.49. The summed E-state index contributed by atoms with van der Waals surface area (Å²) in [7, 11) is 1.71. The quantitative estimate of drug-likeness (QED) is 0.780. The van der Waals surface area contributed by atoms with E-state index >= 15 is 0 Å². The number of methoxy groups -OCH3 is 1. The Morgan fingerprint density at radius 1 is 1.50 bits per heavy atom. The molecule has 0 aliphatic rings. The summed E-state index contributed by atoms with van der Waals surface area (Å²) < 4.78 is 6.87. The summed E-state index contributed by atoms with van der Waals surface area (Å²) in [6.07, 6.45) is 5.68. The average molecular weight is 219 g/mol. The largest absolute Gasteiger partial charge is 0.385 e. The highest BCUT2D eigenvalue weighted by Gasteiger charge is 2.11. The summed E-state index contributed by atoms with van der Waals surface area (Å²) in [5.74, 6) is 0. The molecule has 4 heteroatoms. The molecule has 2 aromatic rings. The molecule has 0 amide bonds. The zero-order chi connectivity index (χ0) is 11.4. The Labute approximate surface area is 95.0 Å². The van der Waals surface area contributed by atoms with Gasteiger partial charge in [-0.25, -0.2) is 4.52 Å². The molecule has 2 heterocycles. The normalized spacial score (nSPS) is 13.1. The number of nitrogens with zero attached hydrogens (tertiary/aromatic N) is 2. The van der Waals surface area contributed by atoms with E-state index in [2.05, 4.69) is 5.10 Å². The maximum atomic E-state index is 6.14. The topological polar surface area (TPSA) is 52.5 Å². The van der Waals surface area contributed by atoms with Crippen molar-refractivity contribution in [2.75, 3.05) is 13.7 Å². The van der Waals surface area contributed by atoms with E-state index in [1.165, 1.54) is 0 Å². The number of hydrogen-bond donors (Lipinski definition) is 1. The molecule has 0 spiro atoms. The van der Waals surface area contributed by atoms with Crippen LogP contribution in [0.5, 0.6) is 0 Å². The highest BCUT2D eigenvalue weighted by Crippen LogP contribution is 2.20. The molecule has 2 aromatic heterocycles. The van der Waals surface area contributed by atoms with E-state index in [1.54, 1.807) is 7.11 Å². The lowest BCUT2D eigenvalue weighted by Gasteiger charge is -2.09. The first-order valence-electron chi connectivity index (χ1n) is 5.49. The number of hydrogen-bond acceptors (Lipinski definition) is 3. The standard InChI is InChI=1S/C12H17N3O/c1-16-8-4-5-11(13)10-9-14-15-7-3-2-6-12(10)15/h2-3,6-7,9,11H,4-5,8,13H2,1H3. The molecule has 1 atom stereocenters. The van der Waals surface area contributed by atoms with E-state index in [0.717, 1.165) is 30.5 Å². The molecule has 2 N–H and O–H groups in total. The summed E-state index contributed by atoms with van der Waals surface area (Å²) in [5.41, 5.74) is 8.34. The van der Waals surface area contributed by atoms with Gasteiger partial charge in [0.1, 0.15) is 0 Å². The van der Waals surface area contributed by atoms with Crippen LogP contribution in [-0.2, 0) is 4.74 Å². The van der Waals surface area contributed by atoms with Gasteiger partial charge in [0, 0.05) is 31.5 Å². The van der Waals surface area contributed by atoms with Crippen LogP contribution in [0.4, 0.5) is 0 Å². The summed E-state index contributed by atoms with van der Waals surface area (Å²) in [4.78, 5) is 0. The van der Waals surface area contributed by atoms with Crippen molar-refractivity contribution in [3.63, 3.8) is 0 Å². The van der Waals surface area contributed by atoms with Crippen molar-refractivity contribution in [1.29, 1.82) is 0 Å². The van der Waals surface area contributed by atoms with Crippen LogP contribution in [0.15, 0.2) is 30.6 Å². The molecule has 1 unspecified atom stereocenters. The number of ether oxygens (including phenoxy) is 1. The fraction of sp³-hybridized carbons (Fsp3) is 0.417. The lowest BCUT2D eigenvalue weighted by atomic mass is 10.1. The first-order chi connectivity index (χ1) is 7.83. The number of nitrogens with two attached hydrogens (primary N) is 1. The predicted octanol–water partition coefficient (Wildman–Crippen LogP) is 1.76. The van der Waals surface area contributed by atoms with Gasteiger partial charge in [-0.3, -0.25) is 0 Å². The average Bonchev–Trinajstić information content (AvgIpc) is 2.73. The minimum absolute atomic E-state index is 0.0371. The third kappa shape index (κ3) is 2.23. The summed E-state index contributed by atoms with van der Waals surface area (Å²) >= 11 is 0. The summed E-state index contributed by atoms with van der Waals surface area (Å²) in [6, 6.07) is 6.04. The lowest BCUT2D eigenvalue weighted by Crippen LogP contribution is -2.10. The molecule has 86 valence electrons. The molecular formula is C12H17N3O. The van der Waals surface area contributed by atoms with Gasteiger partial charge in [0.05, 0.1) is 11.7 Å². The smallest absolute Gasteiger partial charge is 0.0709 e. The maximum absolute atomic E-state index is 6.14. The van der Waals surface area contributed by atoms with Gasteiger partial charge in [-0.1, -0.05) is 6.07 Å². The molecule has 4 nitrogen and oxygen atoms in total. The van der Waals surface area contributed by atoms with Crippen molar-refractivity contribution >= 4 is 5.52 Å². The SMILES string of the molecule is COCCCC(N)c1cnn2ccccc12. The van der Waals surface area contributed by atoms with Crippen molar-refractivity contribution in [3.8, 4) is 0 Å². The minimum Gasteiger partial charge on any atom is -0.385 e. The highest BCUT2D eigenvalue weighted by molar-refractivity contribution is 5.54. The fourth-order valence-electron chi connectivity index (χ4n) is 1.84. The van der Waals surface area contributed by atoms with Gasteiger partial charge in [-0.15, -0.1) is 0 Å². The molecule has 0 aromatic carbocycles. The zero-order valence-electron chi connectivity index (χ0n) is 9.47. The second-order valence-corrected chi connectivity index (χ2v) is 3.87. The van der Waals surface area contributed by atoms with Gasteiger partial charge >= 0.3 is 0 Å². The molecule has 2 rings (SSSR count). The van der Waals surface area contributed by atoms with Gasteiger partial charge in [-0.2, -0.15) is 5.10 Å². The van der Waals surface area contributed by atoms with E-state index in [4.69, 9.17) is 10.5 Å². The molecule has 0 fully saturated rings. The van der Waals surface area contributed by atoms with Crippen LogP contribution in [0.25, 0.3) is 5.52 Å². The first kappa shape index (κ1) is 11.1. The Bertz CT molecular complexity index is 452. The molecule has 0 saturated carbocycles. The van der Waals surface area contributed by atoms with Crippen LogP contribution >= 0.6 is 0 Å². The molecule has 0 aliphatic heterocycles. The van der Waals surface area contributed by atoms with Crippen LogP contribution in [0.2, 0.25) is 0 Å². The number of aromatic nitrogens is 2. The predicted molar refractivity (Wildman–Crippen MR) is 63.2 cm³/mol. The molecular weight excluding hydrogens is 202 g/mol. The maximum Gasteiger partial charge on any atom is 0.0709 e. The Kier molecular flexibility index (Phi) is 3.54. The van der Waals surface area contributed by atoms with Gasteiger partial charge < -0.3 is 10.5 Å². The molecule has 0 bridgehead atoms. The van der Waals surface area contributed by atoms with Crippen LogP contribution in [0.1, 0.15) is 24.4 Å². The van der Waals surface area contributed by atoms with E-state index in [0.29, 0.717) is 0 Å². The van der Waals surface area contributed by atoms with Crippen molar-refractivity contribution < 1.29 is 4.74 Å². The van der Waals surface area contributed by atoms with Gasteiger partial charge in [0.15, 0.2) is 0 Å². The Morgan fingerprint density at radius 3 is 3.19 bits per heavy atom. The third-order valence-electron chi connectivity index (χ3n) is 2.72. The lowest BCUT2D eigenvalue weighted by molar-refractivity contribution is 0.190. The van der Waals surface area contributed by atoms with Gasteiger partial charge in [0.25, 0.3) is 0 Å². The molecule has 16 heavy (non-hydrogen) atoms.